The Kier molecular flexibility index (Phi) is 21.8. The molecule has 8 heterocycles. The summed E-state index contributed by atoms with van der Waals surface area (Å²) in [6, 6.07) is 161. The summed E-state index contributed by atoms with van der Waals surface area (Å²) in [4.78, 5) is 18.1. The Morgan fingerprint density at radius 2 is 0.515 bits per heavy atom. The van der Waals surface area contributed by atoms with Crippen LogP contribution in [0.5, 0.6) is 0 Å². The standard InChI is InChI=1S/4C30H19N3/c31-20-22-10-8-18-32-30(22)27-15-2-1-12-24(27)21-9-7-11-23(19-21)33-28-16-5-3-13-25(28)26-14-4-6-17-29(26)33;31-20-22-10-8-16-28(32-22)25-13-2-1-12-24(25)21-9-7-11-23(19-21)33-29-17-5-3-14-26(29)27-15-4-6-18-30(27)33;31-19-21-16-17-28(32-20-21)25-11-2-1-10-24(25)22-8-7-9-23(18-22)33-29-14-5-3-12-26(29)27-13-4-6-15-30(27)33;31-20-21-16-17-32-28(18-21)25-11-2-1-10-24(25)22-8-7-9-23(19-22)33-29-14-5-3-12-26(29)27-13-4-6-15-30(27)33/h2*1-19H;1-18,20H;1-19H. The van der Waals surface area contributed by atoms with Crippen molar-refractivity contribution in [3.8, 4) is 137 Å². The van der Waals surface area contributed by atoms with Gasteiger partial charge in [0.2, 0.25) is 0 Å². The number of para-hydroxylation sites is 8. The molecule has 0 saturated carbocycles. The summed E-state index contributed by atoms with van der Waals surface area (Å²) in [5.74, 6) is 0. The Bertz CT molecular complexity index is 8290. The minimum absolute atomic E-state index is 0.418. The zero-order valence-corrected chi connectivity index (χ0v) is 71.2. The molecule has 12 nitrogen and oxygen atoms in total. The number of benzene rings is 16. The van der Waals surface area contributed by atoms with Gasteiger partial charge in [-0.25, -0.2) is 4.98 Å². The molecule has 12 heteroatoms. The van der Waals surface area contributed by atoms with E-state index in [0.717, 1.165) is 107 Å². The van der Waals surface area contributed by atoms with Crippen molar-refractivity contribution >= 4 is 87.2 Å². The van der Waals surface area contributed by atoms with Crippen molar-refractivity contribution in [2.45, 2.75) is 0 Å². The highest BCUT2D eigenvalue weighted by molar-refractivity contribution is 6.13. The SMILES string of the molecule is N#Cc1ccc(-c2ccccc2-c2cccc(-n3c4ccccc4c4ccccc43)c2)nc1.N#Cc1cccc(-c2ccccc2-c2cccc(-n3c4ccccc4c4ccccc43)c2)n1.N#Cc1cccnc1-c1ccccc1-c1cccc(-n2c3ccccc3c3ccccc32)c1.N#Cc1ccnc(-c2ccccc2-c2cccc(-n3c4ccccc4c4ccccc43)c2)c1. The van der Waals surface area contributed by atoms with Crippen LogP contribution in [0.25, 0.3) is 200 Å². The van der Waals surface area contributed by atoms with E-state index in [2.05, 4.69) is 402 Å². The zero-order valence-electron chi connectivity index (χ0n) is 71.2. The van der Waals surface area contributed by atoms with E-state index in [1.165, 1.54) is 87.2 Å². The quantitative estimate of drug-likeness (QED) is 0.117. The molecule has 616 valence electrons. The van der Waals surface area contributed by atoms with Crippen LogP contribution in [0.1, 0.15) is 22.4 Å². The summed E-state index contributed by atoms with van der Waals surface area (Å²) in [5.41, 5.74) is 32.0. The summed E-state index contributed by atoms with van der Waals surface area (Å²) in [6.45, 7) is 0. The maximum absolute atomic E-state index is 9.62. The van der Waals surface area contributed by atoms with Crippen LogP contribution in [0.4, 0.5) is 0 Å². The predicted molar refractivity (Wildman–Crippen MR) is 537 cm³/mol. The molecule has 24 aromatic rings. The lowest BCUT2D eigenvalue weighted by Gasteiger charge is -2.13. The van der Waals surface area contributed by atoms with Gasteiger partial charge in [-0.3, -0.25) is 15.0 Å². The van der Waals surface area contributed by atoms with Crippen molar-refractivity contribution in [3.63, 3.8) is 0 Å². The molecule has 0 amide bonds. The first-order chi connectivity index (χ1) is 65.3. The van der Waals surface area contributed by atoms with Crippen LogP contribution in [0, 0.1) is 45.3 Å². The van der Waals surface area contributed by atoms with Gasteiger partial charge in [-0.1, -0.05) is 297 Å². The molecule has 0 saturated heterocycles. The average molecular weight is 1690 g/mol. The van der Waals surface area contributed by atoms with E-state index in [4.69, 9.17) is 5.26 Å². The van der Waals surface area contributed by atoms with Crippen LogP contribution < -0.4 is 0 Å². The van der Waals surface area contributed by atoms with Gasteiger partial charge >= 0.3 is 0 Å². The van der Waals surface area contributed by atoms with E-state index < -0.39 is 0 Å². The van der Waals surface area contributed by atoms with E-state index in [1.807, 2.05) is 84.9 Å². The molecule has 0 aliphatic carbocycles. The molecule has 16 aromatic carbocycles. The summed E-state index contributed by atoms with van der Waals surface area (Å²) < 4.78 is 9.30. The molecular weight excluding hydrogens is 1610 g/mol. The lowest BCUT2D eigenvalue weighted by Crippen LogP contribution is -1.95. The van der Waals surface area contributed by atoms with Gasteiger partial charge in [-0.05, 0) is 190 Å². The highest BCUT2D eigenvalue weighted by atomic mass is 15.0. The first-order valence-corrected chi connectivity index (χ1v) is 43.5. The zero-order chi connectivity index (χ0) is 88.8. The van der Waals surface area contributed by atoms with Crippen LogP contribution in [-0.4, -0.2) is 38.2 Å². The van der Waals surface area contributed by atoms with Crippen molar-refractivity contribution in [3.05, 3.63) is 484 Å². The second-order valence-electron chi connectivity index (χ2n) is 32.0. The van der Waals surface area contributed by atoms with Gasteiger partial charge in [0.25, 0.3) is 0 Å². The fourth-order valence-electron chi connectivity index (χ4n) is 18.5. The summed E-state index contributed by atoms with van der Waals surface area (Å²) in [7, 11) is 0. The van der Waals surface area contributed by atoms with Gasteiger partial charge in [-0.2, -0.15) is 21.0 Å². The van der Waals surface area contributed by atoms with Gasteiger partial charge in [0.1, 0.15) is 23.9 Å². The molecule has 0 spiro atoms. The van der Waals surface area contributed by atoms with Crippen LogP contribution in [0.15, 0.2) is 461 Å². The minimum atomic E-state index is 0.418. The lowest BCUT2D eigenvalue weighted by atomic mass is 9.95. The molecule has 0 aliphatic heterocycles. The number of hydrogen-bond donors (Lipinski definition) is 0. The van der Waals surface area contributed by atoms with E-state index in [1.54, 1.807) is 36.8 Å². The van der Waals surface area contributed by atoms with Gasteiger partial charge in [-0.15, -0.1) is 0 Å². The molecule has 0 atom stereocenters. The normalized spacial score (nSPS) is 11.0. The number of nitrogens with zero attached hydrogens (tertiary/aromatic N) is 12. The fraction of sp³-hybridized carbons (Fsp3) is 0. The second-order valence-corrected chi connectivity index (χ2v) is 32.0. The van der Waals surface area contributed by atoms with Crippen molar-refractivity contribution in [2.75, 3.05) is 0 Å². The molecule has 0 unspecified atom stereocenters. The van der Waals surface area contributed by atoms with Crippen molar-refractivity contribution in [1.29, 1.82) is 21.0 Å². The Morgan fingerprint density at radius 3 is 0.856 bits per heavy atom. The van der Waals surface area contributed by atoms with E-state index in [-0.39, 0.29) is 0 Å². The molecule has 132 heavy (non-hydrogen) atoms. The second kappa shape index (κ2) is 35.7. The van der Waals surface area contributed by atoms with E-state index >= 15 is 0 Å². The first kappa shape index (κ1) is 80.4. The number of fused-ring (bicyclic) bond motifs is 12. The maximum atomic E-state index is 9.62. The molecule has 0 radical (unpaired) electrons. The predicted octanol–water partition coefficient (Wildman–Crippen LogP) is 29.5. The summed E-state index contributed by atoms with van der Waals surface area (Å²) >= 11 is 0. The third-order valence-electron chi connectivity index (χ3n) is 24.3. The lowest BCUT2D eigenvalue weighted by molar-refractivity contribution is 1.18. The fourth-order valence-corrected chi connectivity index (χ4v) is 18.5. The van der Waals surface area contributed by atoms with Gasteiger partial charge in [0.05, 0.1) is 89.7 Å². The third kappa shape index (κ3) is 15.2. The third-order valence-corrected chi connectivity index (χ3v) is 24.3. The Hall–Kier alpha value is -18.7. The number of hydrogen-bond acceptors (Lipinski definition) is 8. The van der Waals surface area contributed by atoms with Crippen LogP contribution in [0.3, 0.4) is 0 Å². The number of rotatable bonds is 12. The molecule has 0 fully saturated rings. The molecule has 0 bridgehead atoms. The first-order valence-electron chi connectivity index (χ1n) is 43.5. The van der Waals surface area contributed by atoms with E-state index in [9.17, 15) is 15.8 Å². The number of aromatic nitrogens is 8. The largest absolute Gasteiger partial charge is 0.309 e. The molecule has 8 aromatic heterocycles. The van der Waals surface area contributed by atoms with Crippen LogP contribution in [0.2, 0.25) is 0 Å². The highest BCUT2D eigenvalue weighted by Gasteiger charge is 2.22. The van der Waals surface area contributed by atoms with Crippen LogP contribution >= 0.6 is 0 Å². The van der Waals surface area contributed by atoms with Gasteiger partial charge in [0.15, 0.2) is 0 Å². The minimum Gasteiger partial charge on any atom is -0.309 e. The molecular formula is C120H76N12. The maximum Gasteiger partial charge on any atom is 0.141 e. The summed E-state index contributed by atoms with van der Waals surface area (Å²) in [5, 5.41) is 47.3. The monoisotopic (exact) mass is 1680 g/mol. The smallest absolute Gasteiger partial charge is 0.141 e. The highest BCUT2D eigenvalue weighted by Crippen LogP contribution is 2.43. The number of nitriles is 4. The van der Waals surface area contributed by atoms with Crippen molar-refractivity contribution in [1.82, 2.24) is 38.2 Å². The number of pyridine rings is 4. The Balaban J connectivity index is 0.000000106. The van der Waals surface area contributed by atoms with Gasteiger partial charge in [0, 0.05) is 107 Å². The van der Waals surface area contributed by atoms with E-state index in [0.29, 0.717) is 28.1 Å². The molecule has 0 N–H and O–H groups in total. The van der Waals surface area contributed by atoms with Crippen LogP contribution in [-0.2, 0) is 0 Å². The van der Waals surface area contributed by atoms with Gasteiger partial charge < -0.3 is 18.3 Å². The summed E-state index contributed by atoms with van der Waals surface area (Å²) in [6.07, 6.45) is 5.06. The topological polar surface area (TPSA) is 166 Å². The van der Waals surface area contributed by atoms with Crippen molar-refractivity contribution in [2.24, 2.45) is 0 Å². The Morgan fingerprint density at radius 1 is 0.197 bits per heavy atom. The Labute approximate surface area is 761 Å². The average Bonchev–Trinajstić information content (AvgIpc) is 1.61. The van der Waals surface area contributed by atoms with Crippen molar-refractivity contribution < 1.29 is 0 Å². The molecule has 0 aliphatic rings. The molecule has 24 rings (SSSR count).